The molecule has 2 heterocycles. The highest BCUT2D eigenvalue weighted by Crippen LogP contribution is 2.34. The third-order valence-corrected chi connectivity index (χ3v) is 5.01. The van der Waals surface area contributed by atoms with Gasteiger partial charge in [-0.2, -0.15) is 0 Å². The topological polar surface area (TPSA) is 20.2 Å². The Labute approximate surface area is 108 Å². The smallest absolute Gasteiger partial charge is 0.116 e. The molecule has 1 atom stereocenters. The first kappa shape index (κ1) is 10.9. The van der Waals surface area contributed by atoms with Crippen molar-refractivity contribution in [3.05, 3.63) is 41.2 Å². The summed E-state index contributed by atoms with van der Waals surface area (Å²) in [6, 6.07) is 3.79. The zero-order chi connectivity index (χ0) is 10.1. The molecule has 0 spiro atoms. The molecule has 2 aromatic heterocycles. The van der Waals surface area contributed by atoms with Gasteiger partial charge in [0.05, 0.1) is 12.8 Å². The average Bonchev–Trinajstić information content (AvgIpc) is 2.73. The molecule has 0 aromatic carbocycles. The Bertz CT molecular complexity index is 437. The van der Waals surface area contributed by atoms with Gasteiger partial charge < -0.3 is 5.11 Å². The largest absolute Gasteiger partial charge is 0.383 e. The summed E-state index contributed by atoms with van der Waals surface area (Å²) in [5.41, 5.74) is 0.920. The van der Waals surface area contributed by atoms with Crippen molar-refractivity contribution >= 4 is 56.9 Å². The maximum Gasteiger partial charge on any atom is 0.116 e. The fourth-order valence-electron chi connectivity index (χ4n) is 1.12. The molecule has 0 aliphatic carbocycles. The SMILES string of the molecule is OC(c1csc(I)c1)c1sccc1Cl. The monoisotopic (exact) mass is 356 g/mol. The minimum atomic E-state index is -0.581. The highest BCUT2D eigenvalue weighted by atomic mass is 127. The first-order chi connectivity index (χ1) is 6.68. The molecule has 0 amide bonds. The lowest BCUT2D eigenvalue weighted by molar-refractivity contribution is 0.225. The van der Waals surface area contributed by atoms with Crippen molar-refractivity contribution < 1.29 is 5.11 Å². The van der Waals surface area contributed by atoms with Crippen molar-refractivity contribution in [1.82, 2.24) is 0 Å². The molecule has 1 nitrogen and oxygen atoms in total. The molecule has 1 unspecified atom stereocenters. The van der Waals surface area contributed by atoms with E-state index in [4.69, 9.17) is 11.6 Å². The highest BCUT2D eigenvalue weighted by Gasteiger charge is 2.16. The molecule has 0 aliphatic rings. The van der Waals surface area contributed by atoms with Crippen LogP contribution in [0.1, 0.15) is 16.5 Å². The summed E-state index contributed by atoms with van der Waals surface area (Å²) in [5.74, 6) is 0. The standard InChI is InChI=1S/C9H6ClIOS2/c10-6-1-2-13-9(6)8(12)5-3-7(11)14-4-5/h1-4,8,12H. The molecule has 0 radical (unpaired) electrons. The minimum Gasteiger partial charge on any atom is -0.383 e. The second-order valence-corrected chi connectivity index (χ2v) is 6.88. The van der Waals surface area contributed by atoms with Gasteiger partial charge in [0.15, 0.2) is 0 Å². The summed E-state index contributed by atoms with van der Waals surface area (Å²) < 4.78 is 1.17. The average molecular weight is 357 g/mol. The molecule has 0 bridgehead atoms. The summed E-state index contributed by atoms with van der Waals surface area (Å²) in [7, 11) is 0. The van der Waals surface area contributed by atoms with E-state index in [1.807, 2.05) is 22.9 Å². The number of aliphatic hydroxyl groups excluding tert-OH is 1. The fraction of sp³-hybridized carbons (Fsp3) is 0.111. The third-order valence-electron chi connectivity index (χ3n) is 1.80. The molecule has 5 heteroatoms. The van der Waals surface area contributed by atoms with Gasteiger partial charge in [-0.05, 0) is 51.0 Å². The van der Waals surface area contributed by atoms with E-state index in [0.29, 0.717) is 5.02 Å². The number of hydrogen-bond donors (Lipinski definition) is 1. The normalized spacial score (nSPS) is 13.1. The van der Waals surface area contributed by atoms with Gasteiger partial charge in [-0.1, -0.05) is 11.6 Å². The van der Waals surface area contributed by atoms with Gasteiger partial charge >= 0.3 is 0 Å². The summed E-state index contributed by atoms with van der Waals surface area (Å²) >= 11 is 11.3. The number of hydrogen-bond acceptors (Lipinski definition) is 3. The van der Waals surface area contributed by atoms with Crippen LogP contribution in [0.5, 0.6) is 0 Å². The van der Waals surface area contributed by atoms with Crippen LogP contribution in [0.2, 0.25) is 5.02 Å². The van der Waals surface area contributed by atoms with E-state index in [9.17, 15) is 5.11 Å². The Hall–Kier alpha value is 0.380. The minimum absolute atomic E-state index is 0.581. The Morgan fingerprint density at radius 1 is 1.43 bits per heavy atom. The quantitative estimate of drug-likeness (QED) is 0.802. The van der Waals surface area contributed by atoms with E-state index in [1.165, 1.54) is 14.2 Å². The van der Waals surface area contributed by atoms with E-state index in [1.54, 1.807) is 11.3 Å². The molecule has 0 aliphatic heterocycles. The van der Waals surface area contributed by atoms with Crippen molar-refractivity contribution in [2.75, 3.05) is 0 Å². The van der Waals surface area contributed by atoms with E-state index >= 15 is 0 Å². The van der Waals surface area contributed by atoms with Crippen molar-refractivity contribution in [2.24, 2.45) is 0 Å². The van der Waals surface area contributed by atoms with Crippen LogP contribution in [-0.4, -0.2) is 5.11 Å². The van der Waals surface area contributed by atoms with Gasteiger partial charge in [0.1, 0.15) is 6.10 Å². The highest BCUT2D eigenvalue weighted by molar-refractivity contribution is 14.1. The van der Waals surface area contributed by atoms with Crippen LogP contribution in [0.15, 0.2) is 22.9 Å². The number of rotatable bonds is 2. The molecular formula is C9H6ClIOS2. The number of thiophene rings is 2. The Balaban J connectivity index is 2.33. The first-order valence-corrected chi connectivity index (χ1v) is 7.05. The molecule has 74 valence electrons. The van der Waals surface area contributed by atoms with Crippen LogP contribution in [0.25, 0.3) is 0 Å². The molecule has 2 aromatic rings. The van der Waals surface area contributed by atoms with E-state index in [0.717, 1.165) is 10.4 Å². The van der Waals surface area contributed by atoms with Gasteiger partial charge in [-0.15, -0.1) is 22.7 Å². The lowest BCUT2D eigenvalue weighted by Crippen LogP contribution is -1.95. The molecule has 0 saturated carbocycles. The third kappa shape index (κ3) is 2.14. The van der Waals surface area contributed by atoms with Crippen LogP contribution in [0.4, 0.5) is 0 Å². The summed E-state index contributed by atoms with van der Waals surface area (Å²) in [5, 5.41) is 14.5. The molecule has 14 heavy (non-hydrogen) atoms. The Morgan fingerprint density at radius 3 is 2.71 bits per heavy atom. The van der Waals surface area contributed by atoms with Gasteiger partial charge in [0.25, 0.3) is 0 Å². The summed E-state index contributed by atoms with van der Waals surface area (Å²) in [4.78, 5) is 0.820. The molecule has 0 fully saturated rings. The van der Waals surface area contributed by atoms with Crippen molar-refractivity contribution in [3.63, 3.8) is 0 Å². The zero-order valence-corrected chi connectivity index (χ0v) is 11.5. The Morgan fingerprint density at radius 2 is 2.21 bits per heavy atom. The van der Waals surface area contributed by atoms with E-state index in [2.05, 4.69) is 22.6 Å². The van der Waals surface area contributed by atoms with E-state index < -0.39 is 6.10 Å². The zero-order valence-electron chi connectivity index (χ0n) is 6.91. The summed E-state index contributed by atoms with van der Waals surface area (Å²) in [6.45, 7) is 0. The predicted molar refractivity (Wildman–Crippen MR) is 70.4 cm³/mol. The number of halogens is 2. The first-order valence-electron chi connectivity index (χ1n) is 3.83. The van der Waals surface area contributed by atoms with Gasteiger partial charge in [-0.3, -0.25) is 0 Å². The molecular weight excluding hydrogens is 351 g/mol. The number of aliphatic hydroxyl groups is 1. The summed E-state index contributed by atoms with van der Waals surface area (Å²) in [6.07, 6.45) is -0.581. The van der Waals surface area contributed by atoms with Gasteiger partial charge in [0.2, 0.25) is 0 Å². The van der Waals surface area contributed by atoms with Crippen LogP contribution in [-0.2, 0) is 0 Å². The van der Waals surface area contributed by atoms with Crippen molar-refractivity contribution in [2.45, 2.75) is 6.10 Å². The second-order valence-electron chi connectivity index (χ2n) is 2.72. The molecule has 0 saturated heterocycles. The predicted octanol–water partition coefficient (Wildman–Crippen LogP) is 4.15. The van der Waals surface area contributed by atoms with Crippen molar-refractivity contribution in [1.29, 1.82) is 0 Å². The van der Waals surface area contributed by atoms with Gasteiger partial charge in [0, 0.05) is 0 Å². The van der Waals surface area contributed by atoms with Crippen molar-refractivity contribution in [3.8, 4) is 0 Å². The van der Waals surface area contributed by atoms with Gasteiger partial charge in [-0.25, -0.2) is 0 Å². The maximum atomic E-state index is 10.0. The maximum absolute atomic E-state index is 10.0. The lowest BCUT2D eigenvalue weighted by Gasteiger charge is -2.06. The second kappa shape index (κ2) is 4.49. The lowest BCUT2D eigenvalue weighted by atomic mass is 10.2. The fourth-order valence-corrected chi connectivity index (χ4v) is 3.68. The van der Waals surface area contributed by atoms with Crippen LogP contribution < -0.4 is 0 Å². The van der Waals surface area contributed by atoms with E-state index in [-0.39, 0.29) is 0 Å². The Kier molecular flexibility index (Phi) is 3.49. The molecule has 1 N–H and O–H groups in total. The van der Waals surface area contributed by atoms with Crippen LogP contribution >= 0.6 is 56.9 Å². The molecule has 2 rings (SSSR count). The van der Waals surface area contributed by atoms with Crippen LogP contribution in [0, 0.1) is 2.88 Å². The van der Waals surface area contributed by atoms with Crippen LogP contribution in [0.3, 0.4) is 0 Å².